The summed E-state index contributed by atoms with van der Waals surface area (Å²) >= 11 is 5.87. The van der Waals surface area contributed by atoms with E-state index in [2.05, 4.69) is 15.3 Å². The van der Waals surface area contributed by atoms with Crippen LogP contribution in [0.3, 0.4) is 0 Å². The molecule has 1 aromatic carbocycles. The van der Waals surface area contributed by atoms with Crippen molar-refractivity contribution in [3.05, 3.63) is 64.9 Å². The number of fused-ring (bicyclic) bond motifs is 1. The molecule has 3 rings (SSSR count). The smallest absolute Gasteiger partial charge is 0.251 e. The molecule has 20 heavy (non-hydrogen) atoms. The van der Waals surface area contributed by atoms with E-state index in [1.54, 1.807) is 30.5 Å². The Hall–Kier alpha value is -2.33. The molecule has 0 saturated carbocycles. The lowest BCUT2D eigenvalue weighted by atomic mass is 10.2. The highest BCUT2D eigenvalue weighted by Crippen LogP contribution is 2.15. The molecule has 0 fully saturated rings. The maximum absolute atomic E-state index is 12.0. The van der Waals surface area contributed by atoms with E-state index in [0.717, 1.165) is 16.6 Å². The predicted octanol–water partition coefficient (Wildman–Crippen LogP) is 3.15. The van der Waals surface area contributed by atoms with E-state index >= 15 is 0 Å². The molecule has 4 nitrogen and oxygen atoms in total. The molecule has 2 heterocycles. The van der Waals surface area contributed by atoms with Crippen LogP contribution in [0.2, 0.25) is 5.02 Å². The number of aromatic amines is 1. The highest BCUT2D eigenvalue weighted by Gasteiger charge is 2.08. The van der Waals surface area contributed by atoms with Crippen LogP contribution in [-0.2, 0) is 6.54 Å². The van der Waals surface area contributed by atoms with Crippen molar-refractivity contribution >= 4 is 28.5 Å². The monoisotopic (exact) mass is 285 g/mol. The van der Waals surface area contributed by atoms with Gasteiger partial charge in [-0.1, -0.05) is 17.7 Å². The quantitative estimate of drug-likeness (QED) is 0.777. The van der Waals surface area contributed by atoms with Crippen LogP contribution in [0, 0.1) is 0 Å². The van der Waals surface area contributed by atoms with Gasteiger partial charge in [0.05, 0.1) is 0 Å². The molecule has 2 N–H and O–H groups in total. The summed E-state index contributed by atoms with van der Waals surface area (Å²) in [6.07, 6.45) is 3.59. The number of halogens is 1. The van der Waals surface area contributed by atoms with Gasteiger partial charge in [0.25, 0.3) is 5.91 Å². The molecular formula is C15H12ClN3O. The third kappa shape index (κ3) is 2.51. The Bertz CT molecular complexity index is 766. The molecule has 0 aliphatic heterocycles. The Morgan fingerprint density at radius 3 is 3.05 bits per heavy atom. The molecule has 0 bridgehead atoms. The minimum absolute atomic E-state index is 0.147. The number of benzene rings is 1. The fourth-order valence-corrected chi connectivity index (χ4v) is 2.26. The van der Waals surface area contributed by atoms with Crippen molar-refractivity contribution in [2.75, 3.05) is 0 Å². The van der Waals surface area contributed by atoms with Gasteiger partial charge in [-0.2, -0.15) is 0 Å². The maximum atomic E-state index is 12.0. The van der Waals surface area contributed by atoms with Crippen LogP contribution in [0.25, 0.3) is 11.0 Å². The van der Waals surface area contributed by atoms with Gasteiger partial charge in [-0.25, -0.2) is 4.98 Å². The zero-order valence-corrected chi connectivity index (χ0v) is 11.3. The maximum Gasteiger partial charge on any atom is 0.251 e. The fourth-order valence-electron chi connectivity index (χ4n) is 2.07. The average Bonchev–Trinajstić information content (AvgIpc) is 2.88. The Balaban J connectivity index is 1.75. The molecule has 5 heteroatoms. The third-order valence-corrected chi connectivity index (χ3v) is 3.30. The molecule has 0 radical (unpaired) electrons. The van der Waals surface area contributed by atoms with E-state index in [1.165, 1.54) is 0 Å². The summed E-state index contributed by atoms with van der Waals surface area (Å²) in [5.74, 6) is -0.147. The summed E-state index contributed by atoms with van der Waals surface area (Å²) in [5.41, 5.74) is 2.37. The molecule has 100 valence electrons. The van der Waals surface area contributed by atoms with E-state index in [4.69, 9.17) is 11.6 Å². The first-order valence-corrected chi connectivity index (χ1v) is 6.56. The molecule has 0 aliphatic carbocycles. The predicted molar refractivity (Wildman–Crippen MR) is 78.7 cm³/mol. The molecule has 0 saturated heterocycles. The first-order chi connectivity index (χ1) is 9.74. The minimum atomic E-state index is -0.147. The standard InChI is InChI=1S/C15H12ClN3O/c16-12-4-1-3-10(7-12)15(20)19-9-11-8-18-14-13(11)5-2-6-17-14/h1-8H,9H2,(H,17,18)(H,19,20). The van der Waals surface area contributed by atoms with E-state index in [0.29, 0.717) is 17.1 Å². The van der Waals surface area contributed by atoms with Gasteiger partial charge in [-0.05, 0) is 35.9 Å². The number of hydrogen-bond donors (Lipinski definition) is 2. The number of amides is 1. The number of aromatic nitrogens is 2. The van der Waals surface area contributed by atoms with Gasteiger partial charge in [-0.15, -0.1) is 0 Å². The molecule has 1 amide bonds. The number of carbonyl (C=O) groups excluding carboxylic acids is 1. The van der Waals surface area contributed by atoms with Crippen LogP contribution >= 0.6 is 11.6 Å². The van der Waals surface area contributed by atoms with Crippen molar-refractivity contribution in [3.63, 3.8) is 0 Å². The zero-order chi connectivity index (χ0) is 13.9. The second kappa shape index (κ2) is 5.35. The van der Waals surface area contributed by atoms with Crippen molar-refractivity contribution in [2.45, 2.75) is 6.54 Å². The highest BCUT2D eigenvalue weighted by atomic mass is 35.5. The van der Waals surface area contributed by atoms with E-state index in [9.17, 15) is 4.79 Å². The lowest BCUT2D eigenvalue weighted by molar-refractivity contribution is 0.0951. The molecule has 3 aromatic rings. The average molecular weight is 286 g/mol. The van der Waals surface area contributed by atoms with Gasteiger partial charge in [0.1, 0.15) is 5.65 Å². The Labute approximate surface area is 120 Å². The van der Waals surface area contributed by atoms with Crippen molar-refractivity contribution in [1.82, 2.24) is 15.3 Å². The third-order valence-electron chi connectivity index (χ3n) is 3.06. The second-order valence-electron chi connectivity index (χ2n) is 4.41. The van der Waals surface area contributed by atoms with Crippen molar-refractivity contribution in [3.8, 4) is 0 Å². The summed E-state index contributed by atoms with van der Waals surface area (Å²) in [5, 5.41) is 4.44. The fraction of sp³-hybridized carbons (Fsp3) is 0.0667. The molecule has 2 aromatic heterocycles. The van der Waals surface area contributed by atoms with E-state index in [-0.39, 0.29) is 5.91 Å². The number of carbonyl (C=O) groups is 1. The van der Waals surface area contributed by atoms with Crippen molar-refractivity contribution in [2.24, 2.45) is 0 Å². The largest absolute Gasteiger partial charge is 0.348 e. The molecule has 0 atom stereocenters. The van der Waals surface area contributed by atoms with Gasteiger partial charge in [-0.3, -0.25) is 4.79 Å². The van der Waals surface area contributed by atoms with Crippen molar-refractivity contribution in [1.29, 1.82) is 0 Å². The highest BCUT2D eigenvalue weighted by molar-refractivity contribution is 6.30. The van der Waals surface area contributed by atoms with Crippen LogP contribution in [-0.4, -0.2) is 15.9 Å². The van der Waals surface area contributed by atoms with Crippen LogP contribution in [0.1, 0.15) is 15.9 Å². The summed E-state index contributed by atoms with van der Waals surface area (Å²) in [4.78, 5) is 19.3. The molecule has 0 unspecified atom stereocenters. The van der Waals surface area contributed by atoms with Gasteiger partial charge < -0.3 is 10.3 Å². The first kappa shape index (κ1) is 12.7. The lowest BCUT2D eigenvalue weighted by Gasteiger charge is -2.04. The summed E-state index contributed by atoms with van der Waals surface area (Å²) in [7, 11) is 0. The number of hydrogen-bond acceptors (Lipinski definition) is 2. The second-order valence-corrected chi connectivity index (χ2v) is 4.84. The number of H-pyrrole nitrogens is 1. The Morgan fingerprint density at radius 2 is 2.20 bits per heavy atom. The van der Waals surface area contributed by atoms with Crippen LogP contribution in [0.5, 0.6) is 0 Å². The van der Waals surface area contributed by atoms with E-state index in [1.807, 2.05) is 18.3 Å². The number of pyridine rings is 1. The van der Waals surface area contributed by atoms with E-state index < -0.39 is 0 Å². The Morgan fingerprint density at radius 1 is 1.30 bits per heavy atom. The minimum Gasteiger partial charge on any atom is -0.348 e. The van der Waals surface area contributed by atoms with Crippen molar-refractivity contribution < 1.29 is 4.79 Å². The van der Waals surface area contributed by atoms with Gasteiger partial charge >= 0.3 is 0 Å². The lowest BCUT2D eigenvalue weighted by Crippen LogP contribution is -2.22. The Kier molecular flexibility index (Phi) is 3.39. The SMILES string of the molecule is O=C(NCc1c[nH]c2ncccc12)c1cccc(Cl)c1. The van der Waals surface area contributed by atoms with Gasteiger partial charge in [0.2, 0.25) is 0 Å². The van der Waals surface area contributed by atoms with Gasteiger partial charge in [0, 0.05) is 34.9 Å². The zero-order valence-electron chi connectivity index (χ0n) is 10.6. The first-order valence-electron chi connectivity index (χ1n) is 6.19. The number of nitrogens with one attached hydrogen (secondary N) is 2. The number of rotatable bonds is 3. The molecule has 0 spiro atoms. The van der Waals surface area contributed by atoms with Crippen LogP contribution in [0.4, 0.5) is 0 Å². The molecule has 0 aliphatic rings. The molecular weight excluding hydrogens is 274 g/mol. The van der Waals surface area contributed by atoms with Crippen LogP contribution < -0.4 is 5.32 Å². The summed E-state index contributed by atoms with van der Waals surface area (Å²) < 4.78 is 0. The van der Waals surface area contributed by atoms with Crippen LogP contribution in [0.15, 0.2) is 48.8 Å². The summed E-state index contributed by atoms with van der Waals surface area (Å²) in [6, 6.07) is 10.7. The van der Waals surface area contributed by atoms with Gasteiger partial charge in [0.15, 0.2) is 0 Å². The topological polar surface area (TPSA) is 57.8 Å². The number of nitrogens with zero attached hydrogens (tertiary/aromatic N) is 1. The normalized spacial score (nSPS) is 10.7. The summed E-state index contributed by atoms with van der Waals surface area (Å²) in [6.45, 7) is 0.442.